The fraction of sp³-hybridized carbons (Fsp3) is 0.893. The molecule has 0 saturated heterocycles. The van der Waals surface area contributed by atoms with Gasteiger partial charge in [0.25, 0.3) is 0 Å². The Labute approximate surface area is 220 Å². The van der Waals surface area contributed by atoms with E-state index in [9.17, 15) is 31.1 Å². The Hall–Kier alpha value is -0.833. The maximum absolute atomic E-state index is 13.5. The van der Waals surface area contributed by atoms with Gasteiger partial charge in [-0.3, -0.25) is 4.79 Å². The van der Waals surface area contributed by atoms with Crippen LogP contribution in [0.1, 0.15) is 92.4 Å². The predicted molar refractivity (Wildman–Crippen MR) is 138 cm³/mol. The molecule has 0 radical (unpaired) electrons. The summed E-state index contributed by atoms with van der Waals surface area (Å²) < 4.78 is 87.3. The van der Waals surface area contributed by atoms with E-state index >= 15 is 0 Å². The number of halogens is 6. The molecular weight excluding hydrogens is 510 g/mol. The van der Waals surface area contributed by atoms with E-state index in [0.717, 1.165) is 44.6 Å². The number of ketones is 1. The summed E-state index contributed by atoms with van der Waals surface area (Å²) in [5.74, 6) is 0.223. The van der Waals surface area contributed by atoms with Crippen LogP contribution in [0.15, 0.2) is 12.2 Å². The van der Waals surface area contributed by atoms with Gasteiger partial charge in [0, 0.05) is 12.3 Å². The summed E-state index contributed by atoms with van der Waals surface area (Å²) in [6.45, 7) is 14.7. The van der Waals surface area contributed by atoms with Crippen molar-refractivity contribution in [2.75, 3.05) is 0 Å². The molecule has 0 aromatic heterocycles. The number of carbonyl (C=O) groups is 1. The zero-order valence-electron chi connectivity index (χ0n) is 23.8. The molecule has 2 saturated carbocycles. The molecule has 4 atom stereocenters. The van der Waals surface area contributed by atoms with Crippen LogP contribution in [0.3, 0.4) is 0 Å². The Morgan fingerprint density at radius 2 is 1.54 bits per heavy atom. The summed E-state index contributed by atoms with van der Waals surface area (Å²) in [5.41, 5.74) is -5.09. The Balaban J connectivity index is 2.35. The van der Waals surface area contributed by atoms with Crippen molar-refractivity contribution in [3.8, 4) is 0 Å². The third kappa shape index (κ3) is 7.23. The van der Waals surface area contributed by atoms with Gasteiger partial charge in [-0.1, -0.05) is 32.4 Å². The molecule has 2 rings (SSSR count). The lowest BCUT2D eigenvalue weighted by atomic mass is 9.56. The van der Waals surface area contributed by atoms with Crippen LogP contribution >= 0.6 is 0 Å². The number of carbonyl (C=O) groups excluding carboxylic acids is 1. The highest BCUT2D eigenvalue weighted by Gasteiger charge is 2.66. The third-order valence-electron chi connectivity index (χ3n) is 9.03. The summed E-state index contributed by atoms with van der Waals surface area (Å²) in [7, 11) is -1.80. The lowest BCUT2D eigenvalue weighted by Gasteiger charge is -2.48. The van der Waals surface area contributed by atoms with Gasteiger partial charge in [0.05, 0.1) is 5.60 Å². The molecule has 2 aliphatic rings. The van der Waals surface area contributed by atoms with Gasteiger partial charge >= 0.3 is 12.4 Å². The van der Waals surface area contributed by atoms with E-state index < -0.39 is 31.5 Å². The maximum atomic E-state index is 13.5. The molecule has 2 nitrogen and oxygen atoms in total. The average Bonchev–Trinajstić information content (AvgIpc) is 3.03. The second-order valence-corrected chi connectivity index (χ2v) is 18.2. The molecule has 0 N–H and O–H groups in total. The first kappa shape index (κ1) is 32.4. The van der Waals surface area contributed by atoms with Crippen LogP contribution in [0.5, 0.6) is 0 Å². The van der Waals surface area contributed by atoms with Crippen LogP contribution in [0.25, 0.3) is 0 Å². The fourth-order valence-electron chi connectivity index (χ4n) is 7.21. The molecule has 2 aliphatic carbocycles. The molecule has 9 heteroatoms. The minimum Gasteiger partial charge on any atom is -0.413 e. The number of allylic oxidation sites excluding steroid dienone is 2. The molecule has 0 heterocycles. The van der Waals surface area contributed by atoms with E-state index in [4.69, 9.17) is 4.43 Å². The van der Waals surface area contributed by atoms with Crippen LogP contribution in [0.2, 0.25) is 19.6 Å². The summed E-state index contributed by atoms with van der Waals surface area (Å²) in [5, 5.41) is 0. The van der Waals surface area contributed by atoms with E-state index in [1.165, 1.54) is 0 Å². The van der Waals surface area contributed by atoms with Crippen molar-refractivity contribution >= 4 is 14.1 Å². The molecule has 0 bridgehead atoms. The number of fused-ring (bicyclic) bond motifs is 1. The monoisotopic (exact) mass is 556 g/mol. The largest absolute Gasteiger partial charge is 0.413 e. The van der Waals surface area contributed by atoms with E-state index in [-0.39, 0.29) is 42.0 Å². The molecule has 1 unspecified atom stereocenters. The molecule has 0 aromatic rings. The number of alkyl halides is 6. The Bertz CT molecular complexity index is 827. The minimum atomic E-state index is -5.45. The fourth-order valence-corrected chi connectivity index (χ4v) is 8.96. The number of hydrogen-bond donors (Lipinski definition) is 0. The van der Waals surface area contributed by atoms with Gasteiger partial charge in [-0.05, 0) is 102 Å². The minimum absolute atomic E-state index is 0.0444. The predicted octanol–water partition coefficient (Wildman–Crippen LogP) is 9.66. The summed E-state index contributed by atoms with van der Waals surface area (Å²) in [6, 6.07) is 0. The molecule has 0 amide bonds. The third-order valence-corrected chi connectivity index (χ3v) is 10.2. The topological polar surface area (TPSA) is 26.3 Å². The Morgan fingerprint density at radius 3 is 2.05 bits per heavy atom. The van der Waals surface area contributed by atoms with Crippen molar-refractivity contribution in [1.29, 1.82) is 0 Å². The molecular formula is C28H46F6O2Si. The van der Waals surface area contributed by atoms with Gasteiger partial charge in [-0.25, -0.2) is 0 Å². The Morgan fingerprint density at radius 1 is 0.973 bits per heavy atom. The quantitative estimate of drug-likeness (QED) is 0.152. The van der Waals surface area contributed by atoms with Crippen molar-refractivity contribution in [1.82, 2.24) is 0 Å². The zero-order valence-corrected chi connectivity index (χ0v) is 24.8. The molecule has 0 spiro atoms. The second kappa shape index (κ2) is 10.6. The van der Waals surface area contributed by atoms with Crippen LogP contribution in [-0.2, 0) is 9.22 Å². The van der Waals surface area contributed by atoms with Gasteiger partial charge in [-0.15, -0.1) is 0 Å². The lowest BCUT2D eigenvalue weighted by molar-refractivity contribution is -0.314. The van der Waals surface area contributed by atoms with Gasteiger partial charge < -0.3 is 4.43 Å². The molecule has 0 aliphatic heterocycles. The number of Topliss-reactive ketones (excluding diaryl/α,β-unsaturated/α-hetero) is 1. The first-order valence-electron chi connectivity index (χ1n) is 13.5. The molecule has 216 valence electrons. The molecule has 0 aromatic carbocycles. The first-order valence-corrected chi connectivity index (χ1v) is 16.9. The van der Waals surface area contributed by atoms with E-state index in [1.54, 1.807) is 0 Å². The van der Waals surface area contributed by atoms with Gasteiger partial charge in [0.15, 0.2) is 13.7 Å². The summed E-state index contributed by atoms with van der Waals surface area (Å²) in [6.07, 6.45) is -3.55. The highest BCUT2D eigenvalue weighted by Crippen LogP contribution is 2.62. The summed E-state index contributed by atoms with van der Waals surface area (Å²) >= 11 is 0. The maximum Gasteiger partial charge on any atom is 0.406 e. The van der Waals surface area contributed by atoms with Crippen LogP contribution < -0.4 is 0 Å². The van der Waals surface area contributed by atoms with Gasteiger partial charge in [0.1, 0.15) is 5.78 Å². The van der Waals surface area contributed by atoms with E-state index in [1.807, 2.05) is 20.8 Å². The van der Waals surface area contributed by atoms with E-state index in [2.05, 4.69) is 26.6 Å². The Kier molecular flexibility index (Phi) is 9.30. The van der Waals surface area contributed by atoms with Crippen molar-refractivity contribution < 1.29 is 35.6 Å². The number of hydrogen-bond acceptors (Lipinski definition) is 2. The smallest absolute Gasteiger partial charge is 0.406 e. The first-order chi connectivity index (χ1) is 16.5. The van der Waals surface area contributed by atoms with Crippen molar-refractivity contribution in [2.45, 2.75) is 130 Å². The van der Waals surface area contributed by atoms with Gasteiger partial charge in [0.2, 0.25) is 0 Å². The summed E-state index contributed by atoms with van der Waals surface area (Å²) in [4.78, 5) is 12.7. The zero-order chi connectivity index (χ0) is 28.7. The molecule has 37 heavy (non-hydrogen) atoms. The SMILES string of the molecule is CC(C)(CCC[C@](C)(C/C=C/C(C)(C(F)(F)F)C(F)(F)F)[C@H]1CCC2C(=O)CCC[C@@]21C)O[Si](C)(C)C. The van der Waals surface area contributed by atoms with Crippen LogP contribution in [-0.4, -0.2) is 32.1 Å². The van der Waals surface area contributed by atoms with Gasteiger partial charge in [-0.2, -0.15) is 26.3 Å². The van der Waals surface area contributed by atoms with E-state index in [0.29, 0.717) is 18.9 Å². The highest BCUT2D eigenvalue weighted by molar-refractivity contribution is 6.69. The number of rotatable bonds is 10. The van der Waals surface area contributed by atoms with Crippen molar-refractivity contribution in [2.24, 2.45) is 28.1 Å². The van der Waals surface area contributed by atoms with Crippen LogP contribution in [0.4, 0.5) is 26.3 Å². The highest BCUT2D eigenvalue weighted by atomic mass is 28.4. The lowest BCUT2D eigenvalue weighted by Crippen LogP contribution is -2.46. The van der Waals surface area contributed by atoms with Crippen molar-refractivity contribution in [3.63, 3.8) is 0 Å². The normalized spacial score (nSPS) is 28.0. The van der Waals surface area contributed by atoms with Crippen LogP contribution in [0, 0.1) is 28.1 Å². The standard InChI is InChI=1S/C28H46F6O2Si/c1-23(2,36-37(6,7)8)15-10-16-24(3,17-11-19-26(5,27(29,30)31)28(32,33)34)22-14-13-20-21(35)12-9-18-25(20,22)4/h11,19-20,22H,9-10,12-18H2,1-8H3/b19-11+/t20?,22-,24-,25+/m1/s1. The second-order valence-electron chi connectivity index (χ2n) is 13.8. The average molecular weight is 557 g/mol. The van der Waals surface area contributed by atoms with Crippen molar-refractivity contribution in [3.05, 3.63) is 12.2 Å². The molecule has 2 fully saturated rings.